The van der Waals surface area contributed by atoms with Crippen LogP contribution in [0.25, 0.3) is 10.2 Å². The molecule has 10 nitrogen and oxygen atoms in total. The monoisotopic (exact) mass is 563 g/mol. The van der Waals surface area contributed by atoms with Crippen LogP contribution in [0.5, 0.6) is 0 Å². The fraction of sp³-hybridized carbons (Fsp3) is 0.208. The number of hydrogen-bond acceptors (Lipinski definition) is 8. The molecule has 0 saturated carbocycles. The standard InChI is InChI=1S/C24H25N3O7S3/c1-5-13-26(14-6-2)37(32,33)18-9-7-17(8-10-18)23(29)25-24-27(16-22(28)34-3)20-12-11-19(36(4,30)31)15-21(20)35-24/h5-12,15H,1-2,13-14,16H2,3-4H3. The van der Waals surface area contributed by atoms with Gasteiger partial charge in [-0.2, -0.15) is 9.30 Å². The maximum absolute atomic E-state index is 13.0. The number of ether oxygens (including phenoxy) is 1. The molecule has 2 aromatic carbocycles. The van der Waals surface area contributed by atoms with E-state index in [0.29, 0.717) is 10.2 Å². The number of methoxy groups -OCH3 is 1. The van der Waals surface area contributed by atoms with E-state index in [1.54, 1.807) is 0 Å². The number of fused-ring (bicyclic) bond motifs is 1. The van der Waals surface area contributed by atoms with Crippen LogP contribution in [0.3, 0.4) is 0 Å². The molecule has 13 heteroatoms. The largest absolute Gasteiger partial charge is 0.468 e. The predicted octanol–water partition coefficient (Wildman–Crippen LogP) is 2.38. The van der Waals surface area contributed by atoms with Gasteiger partial charge >= 0.3 is 5.97 Å². The number of nitrogens with zero attached hydrogens (tertiary/aromatic N) is 3. The summed E-state index contributed by atoms with van der Waals surface area (Å²) in [5.74, 6) is -1.26. The topological polar surface area (TPSA) is 132 Å². The van der Waals surface area contributed by atoms with Crippen LogP contribution in [-0.2, 0) is 35.9 Å². The van der Waals surface area contributed by atoms with E-state index < -0.39 is 31.7 Å². The van der Waals surface area contributed by atoms with Gasteiger partial charge in [0.25, 0.3) is 5.91 Å². The minimum absolute atomic E-state index is 0.0105. The molecule has 3 aromatic rings. The maximum atomic E-state index is 13.0. The molecule has 0 aliphatic rings. The Balaban J connectivity index is 2.04. The highest BCUT2D eigenvalue weighted by atomic mass is 32.2. The van der Waals surface area contributed by atoms with E-state index in [-0.39, 0.29) is 39.8 Å². The summed E-state index contributed by atoms with van der Waals surface area (Å²) >= 11 is 1.03. The smallest absolute Gasteiger partial charge is 0.325 e. The minimum Gasteiger partial charge on any atom is -0.468 e. The van der Waals surface area contributed by atoms with E-state index >= 15 is 0 Å². The highest BCUT2D eigenvalue weighted by molar-refractivity contribution is 7.90. The molecule has 0 aliphatic heterocycles. The molecule has 0 bridgehead atoms. The van der Waals surface area contributed by atoms with Crippen LogP contribution in [0.1, 0.15) is 10.4 Å². The SMILES string of the molecule is C=CCN(CC=C)S(=O)(=O)c1ccc(C(=O)N=c2sc3cc(S(C)(=O)=O)ccc3n2CC(=O)OC)cc1. The molecule has 1 aromatic heterocycles. The van der Waals surface area contributed by atoms with Gasteiger partial charge in [-0.1, -0.05) is 23.5 Å². The first kappa shape index (κ1) is 28.2. The van der Waals surface area contributed by atoms with Gasteiger partial charge in [0, 0.05) is 24.9 Å². The molecule has 3 rings (SSSR count). The van der Waals surface area contributed by atoms with Crippen molar-refractivity contribution in [3.05, 3.63) is 78.1 Å². The number of thiazole rings is 1. The lowest BCUT2D eigenvalue weighted by molar-refractivity contribution is -0.141. The zero-order chi connectivity index (χ0) is 27.4. The summed E-state index contributed by atoms with van der Waals surface area (Å²) in [7, 11) is -6.09. The number of sulfone groups is 1. The lowest BCUT2D eigenvalue weighted by atomic mass is 10.2. The van der Waals surface area contributed by atoms with Gasteiger partial charge in [0.05, 0.1) is 27.1 Å². The Labute approximate surface area is 218 Å². The van der Waals surface area contributed by atoms with Crippen LogP contribution >= 0.6 is 11.3 Å². The lowest BCUT2D eigenvalue weighted by Gasteiger charge is -2.19. The van der Waals surface area contributed by atoms with Gasteiger partial charge in [-0.15, -0.1) is 13.2 Å². The Kier molecular flexibility index (Phi) is 8.64. The highest BCUT2D eigenvalue weighted by Gasteiger charge is 2.23. The molecule has 0 atom stereocenters. The second kappa shape index (κ2) is 11.3. The molecule has 0 fully saturated rings. The van der Waals surface area contributed by atoms with Crippen molar-refractivity contribution >= 4 is 53.3 Å². The predicted molar refractivity (Wildman–Crippen MR) is 140 cm³/mol. The van der Waals surface area contributed by atoms with E-state index in [2.05, 4.69) is 18.2 Å². The number of carbonyl (C=O) groups is 2. The number of benzene rings is 2. The van der Waals surface area contributed by atoms with E-state index in [4.69, 9.17) is 4.74 Å². The van der Waals surface area contributed by atoms with E-state index in [0.717, 1.165) is 17.6 Å². The van der Waals surface area contributed by atoms with Crippen LogP contribution in [0.4, 0.5) is 0 Å². The Hall–Kier alpha value is -3.39. The normalized spacial score (nSPS) is 12.6. The quantitative estimate of drug-likeness (QED) is 0.273. The first-order valence-electron chi connectivity index (χ1n) is 10.7. The fourth-order valence-corrected chi connectivity index (χ4v) is 6.51. The van der Waals surface area contributed by atoms with Crippen LogP contribution in [0, 0.1) is 0 Å². The molecule has 1 amide bonds. The van der Waals surface area contributed by atoms with Crippen LogP contribution in [-0.4, -0.2) is 64.0 Å². The van der Waals surface area contributed by atoms with E-state index in [9.17, 15) is 26.4 Å². The molecule has 0 aliphatic carbocycles. The summed E-state index contributed by atoms with van der Waals surface area (Å²) < 4.78 is 57.6. The molecule has 0 radical (unpaired) electrons. The van der Waals surface area contributed by atoms with Crippen molar-refractivity contribution in [2.45, 2.75) is 16.3 Å². The van der Waals surface area contributed by atoms with Crippen LogP contribution in [0.2, 0.25) is 0 Å². The molecular weight excluding hydrogens is 538 g/mol. The highest BCUT2D eigenvalue weighted by Crippen LogP contribution is 2.22. The van der Waals surface area contributed by atoms with Crippen molar-refractivity contribution in [3.8, 4) is 0 Å². The first-order valence-corrected chi connectivity index (χ1v) is 14.9. The van der Waals surface area contributed by atoms with Crippen molar-refractivity contribution in [2.24, 2.45) is 4.99 Å². The molecule has 196 valence electrons. The van der Waals surface area contributed by atoms with Crippen LogP contribution < -0.4 is 4.80 Å². The molecule has 0 saturated heterocycles. The number of hydrogen-bond donors (Lipinski definition) is 0. The average Bonchev–Trinajstić information content (AvgIpc) is 3.19. The summed E-state index contributed by atoms with van der Waals surface area (Å²) in [6, 6.07) is 9.70. The second-order valence-electron chi connectivity index (χ2n) is 7.79. The van der Waals surface area contributed by atoms with E-state index in [1.165, 1.54) is 70.6 Å². The third-order valence-electron chi connectivity index (χ3n) is 5.20. The molecule has 1 heterocycles. The third kappa shape index (κ3) is 6.31. The Morgan fingerprint density at radius 2 is 1.62 bits per heavy atom. The summed E-state index contributed by atoms with van der Waals surface area (Å²) in [5.41, 5.74) is 0.622. The van der Waals surface area contributed by atoms with Gasteiger partial charge in [-0.25, -0.2) is 16.8 Å². The average molecular weight is 564 g/mol. The molecule has 37 heavy (non-hydrogen) atoms. The van der Waals surface area contributed by atoms with Gasteiger partial charge in [-0.3, -0.25) is 9.59 Å². The maximum Gasteiger partial charge on any atom is 0.325 e. The molecular formula is C24H25N3O7S3. The number of carbonyl (C=O) groups excluding carboxylic acids is 2. The summed E-state index contributed by atoms with van der Waals surface area (Å²) in [5, 5.41) is 0. The van der Waals surface area contributed by atoms with Gasteiger partial charge < -0.3 is 9.30 Å². The van der Waals surface area contributed by atoms with Gasteiger partial charge in [-0.05, 0) is 42.5 Å². The van der Waals surface area contributed by atoms with Crippen molar-refractivity contribution in [1.82, 2.24) is 8.87 Å². The number of esters is 1. The van der Waals surface area contributed by atoms with Crippen molar-refractivity contribution in [1.29, 1.82) is 0 Å². The zero-order valence-corrected chi connectivity index (χ0v) is 22.6. The summed E-state index contributed by atoms with van der Waals surface area (Å²) in [6.07, 6.45) is 4.01. The number of amides is 1. The molecule has 0 N–H and O–H groups in total. The molecule has 0 spiro atoms. The first-order chi connectivity index (χ1) is 17.4. The zero-order valence-electron chi connectivity index (χ0n) is 20.2. The van der Waals surface area contributed by atoms with Gasteiger partial charge in [0.2, 0.25) is 10.0 Å². The van der Waals surface area contributed by atoms with Gasteiger partial charge in [0.15, 0.2) is 14.6 Å². The number of rotatable bonds is 10. The Morgan fingerprint density at radius 1 is 1.03 bits per heavy atom. The molecule has 0 unspecified atom stereocenters. The van der Waals surface area contributed by atoms with Crippen molar-refractivity contribution in [2.75, 3.05) is 26.5 Å². The van der Waals surface area contributed by atoms with Crippen molar-refractivity contribution in [3.63, 3.8) is 0 Å². The third-order valence-corrected chi connectivity index (χ3v) is 9.20. The van der Waals surface area contributed by atoms with Crippen LogP contribution in [0.15, 0.2) is 82.6 Å². The lowest BCUT2D eigenvalue weighted by Crippen LogP contribution is -2.31. The van der Waals surface area contributed by atoms with E-state index in [1.807, 2.05) is 0 Å². The minimum atomic E-state index is -3.84. The van der Waals surface area contributed by atoms with Gasteiger partial charge in [0.1, 0.15) is 6.54 Å². The van der Waals surface area contributed by atoms with Crippen molar-refractivity contribution < 1.29 is 31.2 Å². The Morgan fingerprint density at radius 3 is 2.16 bits per heavy atom. The second-order valence-corrected chi connectivity index (χ2v) is 12.8. The summed E-state index contributed by atoms with van der Waals surface area (Å²) in [4.78, 5) is 29.3. The Bertz CT molecular complexity index is 1640. The fourth-order valence-electron chi connectivity index (χ4n) is 3.34. The summed E-state index contributed by atoms with van der Waals surface area (Å²) in [6.45, 7) is 7.09. The number of aromatic nitrogens is 1. The number of sulfonamides is 1.